The molecule has 9 heteroatoms. The summed E-state index contributed by atoms with van der Waals surface area (Å²) < 4.78 is 6.48. The van der Waals surface area contributed by atoms with E-state index in [9.17, 15) is 10.1 Å². The lowest BCUT2D eigenvalue weighted by molar-refractivity contribution is -0.112. The average molecular weight is 491 g/mol. The quantitative estimate of drug-likeness (QED) is 0.128. The fourth-order valence-electron chi connectivity index (χ4n) is 2.71. The van der Waals surface area contributed by atoms with Crippen LogP contribution in [0.3, 0.4) is 0 Å². The number of rotatable bonds is 9. The molecular weight excluding hydrogens is 472 g/mol. The van der Waals surface area contributed by atoms with Gasteiger partial charge in [0.25, 0.3) is 5.91 Å². The first-order valence-corrected chi connectivity index (χ1v) is 12.7. The van der Waals surface area contributed by atoms with Gasteiger partial charge in [-0.1, -0.05) is 95.5 Å². The van der Waals surface area contributed by atoms with E-state index in [2.05, 4.69) is 15.5 Å². The number of carbonyl (C=O) groups excluding carboxylic acids is 1. The van der Waals surface area contributed by atoms with Crippen molar-refractivity contribution in [3.8, 4) is 6.07 Å². The molecule has 1 amide bonds. The fourth-order valence-corrected chi connectivity index (χ4v) is 5.24. The van der Waals surface area contributed by atoms with Gasteiger partial charge in [-0.3, -0.25) is 10.1 Å². The minimum absolute atomic E-state index is 0.0716. The van der Waals surface area contributed by atoms with Gasteiger partial charge in [-0.2, -0.15) is 5.26 Å². The van der Waals surface area contributed by atoms with E-state index >= 15 is 0 Å². The summed E-state index contributed by atoms with van der Waals surface area (Å²) in [6.07, 6.45) is 1.42. The maximum absolute atomic E-state index is 12.5. The van der Waals surface area contributed by atoms with Gasteiger partial charge in [0, 0.05) is 17.6 Å². The predicted molar refractivity (Wildman–Crippen MR) is 133 cm³/mol. The van der Waals surface area contributed by atoms with Crippen LogP contribution in [0.25, 0.3) is 6.08 Å². The van der Waals surface area contributed by atoms with Crippen LogP contribution >= 0.6 is 34.9 Å². The van der Waals surface area contributed by atoms with Crippen LogP contribution in [-0.4, -0.2) is 16.1 Å². The number of anilines is 1. The molecule has 33 heavy (non-hydrogen) atoms. The van der Waals surface area contributed by atoms with Crippen LogP contribution in [0.5, 0.6) is 0 Å². The Morgan fingerprint density at radius 1 is 0.970 bits per heavy atom. The highest BCUT2D eigenvalue weighted by Gasteiger charge is 2.14. The lowest BCUT2D eigenvalue weighted by Crippen LogP contribution is -2.13. The molecule has 164 valence electrons. The Hall–Kier alpha value is -3.32. The number of carbonyl (C=O) groups is 1. The minimum atomic E-state index is -0.553. The van der Waals surface area contributed by atoms with Gasteiger partial charge in [0.15, 0.2) is 9.43 Å². The summed E-state index contributed by atoms with van der Waals surface area (Å²) in [5, 5.41) is 21.2. The molecule has 0 aliphatic rings. The zero-order valence-electron chi connectivity index (χ0n) is 17.3. The molecule has 4 rings (SSSR count). The summed E-state index contributed by atoms with van der Waals surface area (Å²) in [6, 6.07) is 25.6. The molecule has 0 aliphatic carbocycles. The fraction of sp³-hybridized carbons (Fsp3) is 0.0833. The Labute approximate surface area is 203 Å². The number of nitriles is 1. The van der Waals surface area contributed by atoms with E-state index in [0.717, 1.165) is 15.8 Å². The molecule has 0 atom stereocenters. The molecule has 0 unspecified atom stereocenters. The van der Waals surface area contributed by atoms with Gasteiger partial charge < -0.3 is 4.42 Å². The highest BCUT2D eigenvalue weighted by molar-refractivity contribution is 8.00. The number of amides is 1. The van der Waals surface area contributed by atoms with Crippen LogP contribution in [0.4, 0.5) is 5.13 Å². The van der Waals surface area contributed by atoms with Crippen molar-refractivity contribution in [2.24, 2.45) is 0 Å². The maximum Gasteiger partial charge on any atom is 0.268 e. The van der Waals surface area contributed by atoms with E-state index < -0.39 is 5.91 Å². The topological polar surface area (TPSA) is 91.8 Å². The molecule has 0 fully saturated rings. The van der Waals surface area contributed by atoms with E-state index in [4.69, 9.17) is 4.42 Å². The SMILES string of the molecule is N#CC(=Cc1ccc(SCc2ccccc2)o1)C(=O)Nc1nnc(SCc2ccccc2)s1. The van der Waals surface area contributed by atoms with E-state index in [-0.39, 0.29) is 5.57 Å². The zero-order chi connectivity index (χ0) is 22.9. The summed E-state index contributed by atoms with van der Waals surface area (Å²) in [7, 11) is 0. The normalized spacial score (nSPS) is 11.2. The summed E-state index contributed by atoms with van der Waals surface area (Å²) in [4.78, 5) is 12.5. The van der Waals surface area contributed by atoms with Crippen LogP contribution < -0.4 is 5.32 Å². The molecular formula is C24H18N4O2S3. The second-order valence-corrected chi connectivity index (χ2v) is 9.88. The van der Waals surface area contributed by atoms with Crippen LogP contribution in [0.1, 0.15) is 16.9 Å². The zero-order valence-corrected chi connectivity index (χ0v) is 19.8. The average Bonchev–Trinajstić information content (AvgIpc) is 3.50. The monoisotopic (exact) mass is 490 g/mol. The summed E-state index contributed by atoms with van der Waals surface area (Å²) >= 11 is 4.36. The Kier molecular flexibility index (Phi) is 7.98. The lowest BCUT2D eigenvalue weighted by Gasteiger charge is -1.99. The first-order valence-electron chi connectivity index (χ1n) is 9.89. The third-order valence-electron chi connectivity index (χ3n) is 4.31. The van der Waals surface area contributed by atoms with Gasteiger partial charge in [-0.05, 0) is 23.3 Å². The summed E-state index contributed by atoms with van der Waals surface area (Å²) in [5.41, 5.74) is 2.29. The number of furan rings is 1. The first-order chi connectivity index (χ1) is 16.2. The van der Waals surface area contributed by atoms with E-state index in [1.54, 1.807) is 29.6 Å². The van der Waals surface area contributed by atoms with Crippen molar-refractivity contribution in [2.45, 2.75) is 20.9 Å². The van der Waals surface area contributed by atoms with Gasteiger partial charge in [-0.15, -0.1) is 10.2 Å². The van der Waals surface area contributed by atoms with E-state index in [1.807, 2.05) is 72.8 Å². The molecule has 0 saturated carbocycles. The van der Waals surface area contributed by atoms with E-state index in [0.29, 0.717) is 16.0 Å². The molecule has 2 aromatic heterocycles. The molecule has 0 spiro atoms. The standard InChI is InChI=1S/C24H18N4O2S3/c25-14-19(13-20-11-12-21(30-20)31-15-17-7-3-1-4-8-17)22(29)26-23-27-28-24(33-23)32-16-18-9-5-2-6-10-18/h1-13H,15-16H2,(H,26,27,29). The van der Waals surface area contributed by atoms with Crippen LogP contribution in [0.15, 0.2) is 92.2 Å². The molecule has 0 bridgehead atoms. The molecule has 0 saturated heterocycles. The van der Waals surface area contributed by atoms with E-state index in [1.165, 1.54) is 28.5 Å². The number of aromatic nitrogens is 2. The Balaban J connectivity index is 1.33. The van der Waals surface area contributed by atoms with Gasteiger partial charge in [0.1, 0.15) is 17.4 Å². The predicted octanol–water partition coefficient (Wildman–Crippen LogP) is 6.26. The van der Waals surface area contributed by atoms with Crippen molar-refractivity contribution in [1.29, 1.82) is 5.26 Å². The second kappa shape index (κ2) is 11.5. The maximum atomic E-state index is 12.5. The van der Waals surface area contributed by atoms with Gasteiger partial charge in [-0.25, -0.2) is 0 Å². The number of nitrogens with one attached hydrogen (secondary N) is 1. The first kappa shape index (κ1) is 22.9. The van der Waals surface area contributed by atoms with Crippen LogP contribution in [0.2, 0.25) is 0 Å². The summed E-state index contributed by atoms with van der Waals surface area (Å²) in [5.74, 6) is 1.41. The van der Waals surface area contributed by atoms with Crippen molar-refractivity contribution < 1.29 is 9.21 Å². The van der Waals surface area contributed by atoms with Gasteiger partial charge >= 0.3 is 0 Å². The highest BCUT2D eigenvalue weighted by atomic mass is 32.2. The molecule has 6 nitrogen and oxygen atoms in total. The molecule has 0 aliphatic heterocycles. The number of benzene rings is 2. The second-order valence-electron chi connectivity index (χ2n) is 6.70. The van der Waals surface area contributed by atoms with Crippen LogP contribution in [0, 0.1) is 11.3 Å². The Morgan fingerprint density at radius 3 is 2.30 bits per heavy atom. The number of hydrogen-bond donors (Lipinski definition) is 1. The Morgan fingerprint density at radius 2 is 1.64 bits per heavy atom. The Bertz CT molecular complexity index is 1280. The van der Waals surface area contributed by atoms with Crippen molar-refractivity contribution in [1.82, 2.24) is 10.2 Å². The number of nitrogens with zero attached hydrogens (tertiary/aromatic N) is 3. The van der Waals surface area contributed by atoms with Crippen LogP contribution in [-0.2, 0) is 16.3 Å². The smallest absolute Gasteiger partial charge is 0.268 e. The third kappa shape index (κ3) is 6.83. The number of hydrogen-bond acceptors (Lipinski definition) is 8. The molecule has 1 N–H and O–H groups in total. The van der Waals surface area contributed by atoms with Gasteiger partial charge in [0.05, 0.1) is 0 Å². The lowest BCUT2D eigenvalue weighted by atomic mass is 10.2. The molecule has 4 aromatic rings. The molecule has 2 heterocycles. The molecule has 0 radical (unpaired) electrons. The van der Waals surface area contributed by atoms with Gasteiger partial charge in [0.2, 0.25) is 5.13 Å². The minimum Gasteiger partial charge on any atom is -0.450 e. The summed E-state index contributed by atoms with van der Waals surface area (Å²) in [6.45, 7) is 0. The van der Waals surface area contributed by atoms with Crippen molar-refractivity contribution in [3.05, 3.63) is 95.3 Å². The van der Waals surface area contributed by atoms with Crippen molar-refractivity contribution >= 4 is 52.0 Å². The molecule has 2 aromatic carbocycles. The van der Waals surface area contributed by atoms with Crippen molar-refractivity contribution in [3.63, 3.8) is 0 Å². The number of thioether (sulfide) groups is 2. The highest BCUT2D eigenvalue weighted by Crippen LogP contribution is 2.29. The third-order valence-corrected chi connectivity index (χ3v) is 7.33. The van der Waals surface area contributed by atoms with Crippen molar-refractivity contribution in [2.75, 3.05) is 5.32 Å². The largest absolute Gasteiger partial charge is 0.450 e.